The average Bonchev–Trinajstić information content (AvgIpc) is 2.79. The molecule has 1 heterocycles. The number of carbonyl (C=O) groups excluding carboxylic acids is 2. The van der Waals surface area contributed by atoms with Crippen molar-refractivity contribution in [2.24, 2.45) is 0 Å². The van der Waals surface area contributed by atoms with E-state index in [1.165, 1.54) is 25.3 Å². The van der Waals surface area contributed by atoms with Crippen LogP contribution < -0.4 is 20.1 Å². The molecule has 1 unspecified atom stereocenters. The number of pyridine rings is 1. The highest BCUT2D eigenvalue weighted by Gasteiger charge is 2.17. The van der Waals surface area contributed by atoms with Crippen molar-refractivity contribution in [2.45, 2.75) is 25.9 Å². The highest BCUT2D eigenvalue weighted by Crippen LogP contribution is 2.25. The van der Waals surface area contributed by atoms with E-state index in [1.807, 2.05) is 0 Å². The van der Waals surface area contributed by atoms with Crippen LogP contribution in [0.5, 0.6) is 17.2 Å². The van der Waals surface area contributed by atoms with Gasteiger partial charge in [0.05, 0.1) is 25.8 Å². The zero-order chi connectivity index (χ0) is 22.9. The molecule has 8 heteroatoms. The molecular weight excluding hydrogens is 413 g/mol. The number of rotatable bonds is 9. The van der Waals surface area contributed by atoms with Crippen molar-refractivity contribution in [1.82, 2.24) is 15.6 Å². The molecule has 0 spiro atoms. The van der Waals surface area contributed by atoms with Crippen LogP contribution in [0.15, 0.2) is 67.0 Å². The topological polar surface area (TPSA) is 89.6 Å². The Kier molecular flexibility index (Phi) is 7.75. The fourth-order valence-corrected chi connectivity index (χ4v) is 3.06. The quantitative estimate of drug-likeness (QED) is 0.530. The van der Waals surface area contributed by atoms with Crippen molar-refractivity contribution in [3.05, 3.63) is 83.9 Å². The number of carbonyl (C=O) groups is 2. The van der Waals surface area contributed by atoms with E-state index in [9.17, 15) is 14.0 Å². The van der Waals surface area contributed by atoms with Crippen molar-refractivity contribution in [2.75, 3.05) is 7.11 Å². The zero-order valence-electron chi connectivity index (χ0n) is 17.8. The Morgan fingerprint density at radius 3 is 2.50 bits per heavy atom. The summed E-state index contributed by atoms with van der Waals surface area (Å²) >= 11 is 0. The summed E-state index contributed by atoms with van der Waals surface area (Å²) in [5.41, 5.74) is 1.36. The molecule has 0 saturated carbocycles. The van der Waals surface area contributed by atoms with E-state index in [4.69, 9.17) is 9.47 Å². The lowest BCUT2D eigenvalue weighted by atomic mass is 10.0. The first kappa shape index (κ1) is 22.7. The Bertz CT molecular complexity index is 1060. The van der Waals surface area contributed by atoms with Gasteiger partial charge in [0, 0.05) is 19.7 Å². The number of halogens is 1. The van der Waals surface area contributed by atoms with E-state index in [1.54, 1.807) is 55.8 Å². The fraction of sp³-hybridized carbons (Fsp3) is 0.208. The Labute approximate surface area is 185 Å². The van der Waals surface area contributed by atoms with Gasteiger partial charge in [0.15, 0.2) is 11.6 Å². The van der Waals surface area contributed by atoms with E-state index in [0.717, 1.165) is 5.56 Å². The molecule has 2 amide bonds. The first-order chi connectivity index (χ1) is 15.4. The lowest BCUT2D eigenvalue weighted by molar-refractivity contribution is -0.122. The molecule has 0 saturated heterocycles. The molecule has 3 rings (SSSR count). The van der Waals surface area contributed by atoms with E-state index in [0.29, 0.717) is 17.1 Å². The molecule has 7 nitrogen and oxygen atoms in total. The minimum Gasteiger partial charge on any atom is -0.497 e. The average molecular weight is 437 g/mol. The second kappa shape index (κ2) is 10.9. The fourth-order valence-electron chi connectivity index (χ4n) is 3.06. The van der Waals surface area contributed by atoms with Crippen molar-refractivity contribution in [1.29, 1.82) is 0 Å². The molecule has 0 aliphatic rings. The van der Waals surface area contributed by atoms with Gasteiger partial charge in [0.25, 0.3) is 0 Å². The maximum Gasteiger partial charge on any atom is 0.222 e. The van der Waals surface area contributed by atoms with Crippen molar-refractivity contribution in [3.8, 4) is 17.2 Å². The molecule has 2 N–H and O–H groups in total. The summed E-state index contributed by atoms with van der Waals surface area (Å²) in [5, 5.41) is 5.54. The third-order valence-corrected chi connectivity index (χ3v) is 4.63. The second-order valence-corrected chi connectivity index (χ2v) is 7.06. The van der Waals surface area contributed by atoms with Crippen LogP contribution >= 0.6 is 0 Å². The number of aromatic nitrogens is 1. The maximum absolute atomic E-state index is 14.4. The van der Waals surface area contributed by atoms with Crippen LogP contribution in [-0.4, -0.2) is 23.9 Å². The van der Waals surface area contributed by atoms with E-state index >= 15 is 0 Å². The maximum atomic E-state index is 14.4. The van der Waals surface area contributed by atoms with E-state index in [-0.39, 0.29) is 30.5 Å². The summed E-state index contributed by atoms with van der Waals surface area (Å²) in [4.78, 5) is 28.0. The summed E-state index contributed by atoms with van der Waals surface area (Å²) in [5.74, 6) is 0.0987. The summed E-state index contributed by atoms with van der Waals surface area (Å²) in [7, 11) is 1.56. The van der Waals surface area contributed by atoms with Crippen LogP contribution in [0.25, 0.3) is 0 Å². The van der Waals surface area contributed by atoms with Crippen LogP contribution in [0.2, 0.25) is 0 Å². The first-order valence-electron chi connectivity index (χ1n) is 9.98. The number of nitrogens with zero attached hydrogens (tertiary/aromatic N) is 1. The predicted molar refractivity (Wildman–Crippen MR) is 117 cm³/mol. The van der Waals surface area contributed by atoms with Crippen LogP contribution in [0.4, 0.5) is 4.39 Å². The SMILES string of the molecule is COc1ccc(C(CC(=O)NCc2ccc(Oc3cccnc3)c(F)c2)NC(C)=O)cc1. The number of methoxy groups -OCH3 is 1. The largest absolute Gasteiger partial charge is 0.497 e. The van der Waals surface area contributed by atoms with Crippen molar-refractivity contribution < 1.29 is 23.5 Å². The minimum atomic E-state index is -0.546. The molecule has 0 radical (unpaired) electrons. The van der Waals surface area contributed by atoms with Gasteiger partial charge in [-0.25, -0.2) is 4.39 Å². The predicted octanol–water partition coefficient (Wildman–Crippen LogP) is 3.91. The highest BCUT2D eigenvalue weighted by atomic mass is 19.1. The summed E-state index contributed by atoms with van der Waals surface area (Å²) in [6, 6.07) is 14.5. The number of amides is 2. The van der Waals surface area contributed by atoms with Crippen LogP contribution in [-0.2, 0) is 16.1 Å². The zero-order valence-corrected chi connectivity index (χ0v) is 17.8. The Morgan fingerprint density at radius 1 is 1.09 bits per heavy atom. The van der Waals surface area contributed by atoms with Gasteiger partial charge in [-0.1, -0.05) is 18.2 Å². The number of ether oxygens (including phenoxy) is 2. The van der Waals surface area contributed by atoms with Crippen LogP contribution in [0, 0.1) is 5.82 Å². The van der Waals surface area contributed by atoms with Gasteiger partial charge in [0.2, 0.25) is 11.8 Å². The van der Waals surface area contributed by atoms with Gasteiger partial charge >= 0.3 is 0 Å². The Morgan fingerprint density at radius 2 is 1.88 bits per heavy atom. The third kappa shape index (κ3) is 6.53. The van der Waals surface area contributed by atoms with Crippen molar-refractivity contribution >= 4 is 11.8 Å². The molecule has 0 aliphatic carbocycles. The molecular formula is C24H24FN3O4. The standard InChI is InChI=1S/C24H24FN3O4/c1-16(29)28-22(18-6-8-19(31-2)9-7-18)13-24(30)27-14-17-5-10-23(21(25)12-17)32-20-4-3-11-26-15-20/h3-12,15,22H,13-14H2,1-2H3,(H,27,30)(H,28,29). The van der Waals surface area contributed by atoms with Gasteiger partial charge < -0.3 is 20.1 Å². The molecule has 166 valence electrons. The first-order valence-corrected chi connectivity index (χ1v) is 9.98. The number of hydrogen-bond donors (Lipinski definition) is 2. The summed E-state index contributed by atoms with van der Waals surface area (Å²) < 4.78 is 25.0. The third-order valence-electron chi connectivity index (χ3n) is 4.63. The molecule has 1 aromatic heterocycles. The summed E-state index contributed by atoms with van der Waals surface area (Å²) in [6.07, 6.45) is 3.12. The molecule has 0 fully saturated rings. The number of hydrogen-bond acceptors (Lipinski definition) is 5. The van der Waals surface area contributed by atoms with Crippen LogP contribution in [0.3, 0.4) is 0 Å². The smallest absolute Gasteiger partial charge is 0.222 e. The van der Waals surface area contributed by atoms with E-state index < -0.39 is 11.9 Å². The number of benzene rings is 2. The molecule has 0 bridgehead atoms. The Hall–Kier alpha value is -3.94. The molecule has 2 aromatic carbocycles. The van der Waals surface area contributed by atoms with Crippen molar-refractivity contribution in [3.63, 3.8) is 0 Å². The monoisotopic (exact) mass is 437 g/mol. The second-order valence-electron chi connectivity index (χ2n) is 7.06. The molecule has 32 heavy (non-hydrogen) atoms. The van der Waals surface area contributed by atoms with Gasteiger partial charge in [-0.15, -0.1) is 0 Å². The number of nitrogens with one attached hydrogen (secondary N) is 2. The van der Waals surface area contributed by atoms with Gasteiger partial charge in [-0.05, 0) is 47.5 Å². The van der Waals surface area contributed by atoms with E-state index in [2.05, 4.69) is 15.6 Å². The normalized spacial score (nSPS) is 11.3. The lowest BCUT2D eigenvalue weighted by Crippen LogP contribution is -2.32. The molecule has 1 atom stereocenters. The Balaban J connectivity index is 1.59. The summed E-state index contributed by atoms with van der Waals surface area (Å²) in [6.45, 7) is 1.53. The minimum absolute atomic E-state index is 0.0383. The van der Waals surface area contributed by atoms with Crippen LogP contribution in [0.1, 0.15) is 30.5 Å². The van der Waals surface area contributed by atoms with Gasteiger partial charge in [-0.2, -0.15) is 0 Å². The lowest BCUT2D eigenvalue weighted by Gasteiger charge is -2.18. The molecule has 3 aromatic rings. The van der Waals surface area contributed by atoms with Gasteiger partial charge in [0.1, 0.15) is 11.5 Å². The van der Waals surface area contributed by atoms with Gasteiger partial charge in [-0.3, -0.25) is 14.6 Å². The highest BCUT2D eigenvalue weighted by molar-refractivity contribution is 5.79. The molecule has 0 aliphatic heterocycles.